The van der Waals surface area contributed by atoms with Crippen LogP contribution in [-0.2, 0) is 20.7 Å². The fraction of sp³-hybridized carbons (Fsp3) is 0.556. The molecule has 6 nitrogen and oxygen atoms in total. The van der Waals surface area contributed by atoms with E-state index in [1.165, 1.54) is 0 Å². The summed E-state index contributed by atoms with van der Waals surface area (Å²) in [4.78, 5) is 24.5. The molecule has 3 rings (SSSR count). The van der Waals surface area contributed by atoms with Gasteiger partial charge in [-0.15, -0.1) is 0 Å². The van der Waals surface area contributed by atoms with E-state index < -0.39 is 0 Å². The van der Waals surface area contributed by atoms with Gasteiger partial charge in [-0.2, -0.15) is 0 Å². The topological polar surface area (TPSA) is 79.5 Å². The van der Waals surface area contributed by atoms with Gasteiger partial charge in [0.25, 0.3) is 0 Å². The molecule has 1 unspecified atom stereocenters. The first-order valence-corrected chi connectivity index (χ1v) is 8.61. The Bertz CT molecular complexity index is 611. The molecule has 2 fully saturated rings. The standard InChI is InChI=1S/C18H25N3O3/c1-2-13-5-3-4-6-14(13)21-15(22)11-19-16-17(23)20-12-18(16)7-9-24-10-8-18/h3-6,16,19H,2,7-12H2,1H3,(H,20,23)(H,21,22). The van der Waals surface area contributed by atoms with Gasteiger partial charge in [-0.25, -0.2) is 0 Å². The highest BCUT2D eigenvalue weighted by atomic mass is 16.5. The lowest BCUT2D eigenvalue weighted by Crippen LogP contribution is -2.51. The molecule has 0 radical (unpaired) electrons. The van der Waals surface area contributed by atoms with Crippen LogP contribution in [0.4, 0.5) is 5.69 Å². The Hall–Kier alpha value is -1.92. The normalized spacial score (nSPS) is 22.4. The number of hydrogen-bond donors (Lipinski definition) is 3. The van der Waals surface area contributed by atoms with E-state index in [4.69, 9.17) is 4.74 Å². The number of nitrogens with one attached hydrogen (secondary N) is 3. The van der Waals surface area contributed by atoms with Crippen molar-refractivity contribution in [2.75, 3.05) is 31.6 Å². The molecule has 2 aliphatic rings. The minimum absolute atomic E-state index is 0.0151. The Morgan fingerprint density at radius 2 is 2.08 bits per heavy atom. The number of para-hydroxylation sites is 1. The molecule has 0 aromatic heterocycles. The van der Waals surface area contributed by atoms with Crippen LogP contribution in [0.15, 0.2) is 24.3 Å². The Kier molecular flexibility index (Phi) is 5.16. The summed E-state index contributed by atoms with van der Waals surface area (Å²) >= 11 is 0. The monoisotopic (exact) mass is 331 g/mol. The van der Waals surface area contributed by atoms with Gasteiger partial charge in [-0.1, -0.05) is 25.1 Å². The highest BCUT2D eigenvalue weighted by Crippen LogP contribution is 2.37. The van der Waals surface area contributed by atoms with Gasteiger partial charge in [0.1, 0.15) is 0 Å². The summed E-state index contributed by atoms with van der Waals surface area (Å²) < 4.78 is 5.42. The lowest BCUT2D eigenvalue weighted by Gasteiger charge is -2.36. The van der Waals surface area contributed by atoms with Gasteiger partial charge >= 0.3 is 0 Å². The second-order valence-electron chi connectivity index (χ2n) is 6.57. The van der Waals surface area contributed by atoms with E-state index >= 15 is 0 Å². The average molecular weight is 331 g/mol. The van der Waals surface area contributed by atoms with E-state index in [1.807, 2.05) is 24.3 Å². The number of hydrogen-bond acceptors (Lipinski definition) is 4. The molecule has 2 heterocycles. The first kappa shape index (κ1) is 16.9. The summed E-state index contributed by atoms with van der Waals surface area (Å²) in [6.45, 7) is 4.18. The van der Waals surface area contributed by atoms with E-state index in [-0.39, 0.29) is 29.8 Å². The number of amides is 2. The predicted molar refractivity (Wildman–Crippen MR) is 91.7 cm³/mol. The summed E-state index contributed by atoms with van der Waals surface area (Å²) in [6.07, 6.45) is 2.53. The molecule has 6 heteroatoms. The lowest BCUT2D eigenvalue weighted by atomic mass is 9.76. The van der Waals surface area contributed by atoms with Crippen molar-refractivity contribution in [1.82, 2.24) is 10.6 Å². The van der Waals surface area contributed by atoms with Gasteiger partial charge in [0.2, 0.25) is 11.8 Å². The summed E-state index contributed by atoms with van der Waals surface area (Å²) in [5.41, 5.74) is 1.81. The van der Waals surface area contributed by atoms with E-state index in [0.717, 1.165) is 30.5 Å². The van der Waals surface area contributed by atoms with Crippen LogP contribution in [0, 0.1) is 5.41 Å². The zero-order valence-electron chi connectivity index (χ0n) is 14.1. The summed E-state index contributed by atoms with van der Waals surface area (Å²) in [5.74, 6) is -0.142. The van der Waals surface area contributed by atoms with Crippen LogP contribution in [0.1, 0.15) is 25.3 Å². The number of anilines is 1. The molecule has 1 atom stereocenters. The van der Waals surface area contributed by atoms with E-state index in [9.17, 15) is 9.59 Å². The summed E-state index contributed by atoms with van der Waals surface area (Å²) in [7, 11) is 0. The molecule has 0 saturated carbocycles. The van der Waals surface area contributed by atoms with Gasteiger partial charge in [-0.05, 0) is 30.9 Å². The predicted octanol–water partition coefficient (Wildman–Crippen LogP) is 1.07. The molecule has 2 saturated heterocycles. The number of benzene rings is 1. The van der Waals surface area contributed by atoms with Crippen molar-refractivity contribution in [3.8, 4) is 0 Å². The van der Waals surface area contributed by atoms with E-state index in [2.05, 4.69) is 22.9 Å². The zero-order chi connectivity index (χ0) is 17.0. The molecule has 1 aromatic rings. The molecular weight excluding hydrogens is 306 g/mol. The SMILES string of the molecule is CCc1ccccc1NC(=O)CNC1C(=O)NCC12CCOCC2. The number of carbonyl (C=O) groups is 2. The summed E-state index contributed by atoms with van der Waals surface area (Å²) in [5, 5.41) is 9.04. The fourth-order valence-electron chi connectivity index (χ4n) is 3.64. The van der Waals surface area contributed by atoms with Gasteiger partial charge in [0.15, 0.2) is 0 Å². The van der Waals surface area contributed by atoms with Crippen molar-refractivity contribution >= 4 is 17.5 Å². The molecule has 1 aromatic carbocycles. The molecule has 24 heavy (non-hydrogen) atoms. The smallest absolute Gasteiger partial charge is 0.238 e. The van der Waals surface area contributed by atoms with Crippen LogP contribution >= 0.6 is 0 Å². The highest BCUT2D eigenvalue weighted by molar-refractivity contribution is 5.94. The van der Waals surface area contributed by atoms with Crippen LogP contribution in [0.25, 0.3) is 0 Å². The van der Waals surface area contributed by atoms with Crippen molar-refractivity contribution in [2.45, 2.75) is 32.2 Å². The largest absolute Gasteiger partial charge is 0.381 e. The number of rotatable bonds is 5. The van der Waals surface area contributed by atoms with Crippen LogP contribution in [0.2, 0.25) is 0 Å². The number of carbonyl (C=O) groups excluding carboxylic acids is 2. The van der Waals surface area contributed by atoms with Crippen LogP contribution < -0.4 is 16.0 Å². The third-order valence-electron chi connectivity index (χ3n) is 5.12. The van der Waals surface area contributed by atoms with Crippen LogP contribution in [0.3, 0.4) is 0 Å². The Balaban J connectivity index is 1.60. The molecule has 0 bridgehead atoms. The number of ether oxygens (including phenoxy) is 1. The average Bonchev–Trinajstić information content (AvgIpc) is 2.90. The molecule has 0 aliphatic carbocycles. The maximum Gasteiger partial charge on any atom is 0.238 e. The molecule has 2 aliphatic heterocycles. The summed E-state index contributed by atoms with van der Waals surface area (Å²) in [6, 6.07) is 7.45. The van der Waals surface area contributed by atoms with Crippen molar-refractivity contribution in [3.63, 3.8) is 0 Å². The van der Waals surface area contributed by atoms with Gasteiger partial charge in [0, 0.05) is 30.9 Å². The van der Waals surface area contributed by atoms with Crippen molar-refractivity contribution < 1.29 is 14.3 Å². The van der Waals surface area contributed by atoms with E-state index in [0.29, 0.717) is 19.8 Å². The van der Waals surface area contributed by atoms with Crippen molar-refractivity contribution in [2.24, 2.45) is 5.41 Å². The molecule has 1 spiro atoms. The third kappa shape index (κ3) is 3.44. The maximum atomic E-state index is 12.3. The van der Waals surface area contributed by atoms with Crippen molar-refractivity contribution in [3.05, 3.63) is 29.8 Å². The maximum absolute atomic E-state index is 12.3. The number of aryl methyl sites for hydroxylation is 1. The third-order valence-corrected chi connectivity index (χ3v) is 5.12. The van der Waals surface area contributed by atoms with Gasteiger partial charge < -0.3 is 15.4 Å². The zero-order valence-corrected chi connectivity index (χ0v) is 14.1. The fourth-order valence-corrected chi connectivity index (χ4v) is 3.64. The Labute approximate surface area is 142 Å². The molecule has 2 amide bonds. The second kappa shape index (κ2) is 7.32. The Morgan fingerprint density at radius 3 is 2.83 bits per heavy atom. The first-order chi connectivity index (χ1) is 11.6. The van der Waals surface area contributed by atoms with Crippen LogP contribution in [-0.4, -0.2) is 44.2 Å². The minimum Gasteiger partial charge on any atom is -0.381 e. The minimum atomic E-state index is -0.325. The van der Waals surface area contributed by atoms with Crippen molar-refractivity contribution in [1.29, 1.82) is 0 Å². The lowest BCUT2D eigenvalue weighted by molar-refractivity contribution is -0.123. The van der Waals surface area contributed by atoms with Crippen LogP contribution in [0.5, 0.6) is 0 Å². The van der Waals surface area contributed by atoms with Gasteiger partial charge in [0.05, 0.1) is 12.6 Å². The molecule has 130 valence electrons. The van der Waals surface area contributed by atoms with Gasteiger partial charge in [-0.3, -0.25) is 14.9 Å². The quantitative estimate of drug-likeness (QED) is 0.754. The Morgan fingerprint density at radius 1 is 1.33 bits per heavy atom. The second-order valence-corrected chi connectivity index (χ2v) is 6.57. The molecule has 3 N–H and O–H groups in total. The molecular formula is C18H25N3O3. The highest BCUT2D eigenvalue weighted by Gasteiger charge is 2.48. The van der Waals surface area contributed by atoms with E-state index in [1.54, 1.807) is 0 Å². The first-order valence-electron chi connectivity index (χ1n) is 8.61.